The molecule has 2 rings (SSSR count). The van der Waals surface area contributed by atoms with Gasteiger partial charge in [0.2, 0.25) is 0 Å². The Balaban J connectivity index is 1.67. The first kappa shape index (κ1) is 14.9. The molecule has 1 unspecified atom stereocenters. The number of nitrogens with one attached hydrogen (secondary N) is 1. The highest BCUT2D eigenvalue weighted by Gasteiger charge is 2.13. The average molecular weight is 278 g/mol. The summed E-state index contributed by atoms with van der Waals surface area (Å²) in [6.45, 7) is 2.37. The molecule has 0 aromatic heterocycles. The molecule has 1 atom stereocenters. The molecule has 1 aromatic rings. The Morgan fingerprint density at radius 3 is 2.90 bits per heavy atom. The molecule has 1 aliphatic rings. The van der Waals surface area contributed by atoms with Gasteiger partial charge in [0.25, 0.3) is 5.69 Å². The van der Waals surface area contributed by atoms with E-state index in [0.29, 0.717) is 19.1 Å². The number of benzene rings is 1. The molecule has 1 fully saturated rings. The molecule has 20 heavy (non-hydrogen) atoms. The molecule has 1 N–H and O–H groups in total. The number of nitro benzene ring substituents is 1. The fourth-order valence-electron chi connectivity index (χ4n) is 2.58. The molecular weight excluding hydrogens is 256 g/mol. The maximum absolute atomic E-state index is 10.9. The van der Waals surface area contributed by atoms with Crippen molar-refractivity contribution in [2.75, 3.05) is 19.8 Å². The van der Waals surface area contributed by atoms with E-state index in [4.69, 9.17) is 4.74 Å². The first-order chi connectivity index (χ1) is 9.77. The van der Waals surface area contributed by atoms with Gasteiger partial charge in [0.05, 0.1) is 11.5 Å². The summed E-state index contributed by atoms with van der Waals surface area (Å²) < 4.78 is 5.61. The Kier molecular flexibility index (Phi) is 5.95. The van der Waals surface area contributed by atoms with Crippen molar-refractivity contribution in [3.63, 3.8) is 0 Å². The summed E-state index contributed by atoms with van der Waals surface area (Å²) in [5, 5.41) is 14.4. The van der Waals surface area contributed by atoms with Crippen molar-refractivity contribution in [2.45, 2.75) is 38.1 Å². The number of hydrogen-bond donors (Lipinski definition) is 1. The number of ether oxygens (including phenoxy) is 1. The lowest BCUT2D eigenvalue weighted by Crippen LogP contribution is -2.34. The van der Waals surface area contributed by atoms with Gasteiger partial charge in [-0.3, -0.25) is 10.1 Å². The summed E-state index contributed by atoms with van der Waals surface area (Å²) >= 11 is 0. The number of para-hydroxylation sites is 1. The van der Waals surface area contributed by atoms with Gasteiger partial charge in [-0.05, 0) is 25.8 Å². The number of piperidine rings is 1. The maximum Gasteiger partial charge on any atom is 0.272 e. The van der Waals surface area contributed by atoms with Crippen molar-refractivity contribution in [1.82, 2.24) is 5.32 Å². The third-order valence-corrected chi connectivity index (χ3v) is 3.73. The van der Waals surface area contributed by atoms with E-state index in [1.54, 1.807) is 18.2 Å². The third-order valence-electron chi connectivity index (χ3n) is 3.73. The van der Waals surface area contributed by atoms with Crippen molar-refractivity contribution >= 4 is 5.69 Å². The zero-order chi connectivity index (χ0) is 14.2. The number of nitrogens with zero attached hydrogens (tertiary/aromatic N) is 1. The van der Waals surface area contributed by atoms with Gasteiger partial charge in [0.1, 0.15) is 0 Å². The highest BCUT2D eigenvalue weighted by atomic mass is 16.6. The highest BCUT2D eigenvalue weighted by Crippen LogP contribution is 2.18. The quantitative estimate of drug-likeness (QED) is 0.473. The van der Waals surface area contributed by atoms with Gasteiger partial charge in [-0.15, -0.1) is 0 Å². The number of nitro groups is 1. The van der Waals surface area contributed by atoms with E-state index in [9.17, 15) is 10.1 Å². The molecule has 1 saturated heterocycles. The van der Waals surface area contributed by atoms with Crippen molar-refractivity contribution in [3.05, 3.63) is 39.9 Å². The second kappa shape index (κ2) is 7.97. The molecule has 110 valence electrons. The molecule has 1 aromatic carbocycles. The van der Waals surface area contributed by atoms with Crippen LogP contribution in [-0.2, 0) is 11.2 Å². The Bertz CT molecular complexity index is 431. The smallest absolute Gasteiger partial charge is 0.272 e. The molecule has 5 heteroatoms. The summed E-state index contributed by atoms with van der Waals surface area (Å²) in [6, 6.07) is 7.44. The second-order valence-corrected chi connectivity index (χ2v) is 5.18. The molecule has 5 nitrogen and oxygen atoms in total. The lowest BCUT2D eigenvalue weighted by atomic mass is 10.0. The van der Waals surface area contributed by atoms with Crippen LogP contribution in [0.2, 0.25) is 0 Å². The van der Waals surface area contributed by atoms with Crippen molar-refractivity contribution < 1.29 is 9.66 Å². The van der Waals surface area contributed by atoms with Gasteiger partial charge in [-0.25, -0.2) is 0 Å². The fourth-order valence-corrected chi connectivity index (χ4v) is 2.58. The Labute approximate surface area is 119 Å². The molecule has 1 heterocycles. The van der Waals surface area contributed by atoms with Gasteiger partial charge < -0.3 is 10.1 Å². The predicted octanol–water partition coefficient (Wildman–Crippen LogP) is 2.69. The number of hydrogen-bond acceptors (Lipinski definition) is 4. The maximum atomic E-state index is 10.9. The van der Waals surface area contributed by atoms with Gasteiger partial charge in [0.15, 0.2) is 0 Å². The lowest BCUT2D eigenvalue weighted by Gasteiger charge is -2.23. The molecule has 0 bridgehead atoms. The molecule has 1 aliphatic heterocycles. The SMILES string of the molecule is O=[N+]([O-])c1ccccc1CCOCCC1CCCCN1. The lowest BCUT2D eigenvalue weighted by molar-refractivity contribution is -0.385. The Morgan fingerprint density at radius 2 is 2.15 bits per heavy atom. The van der Waals surface area contributed by atoms with Crippen LogP contribution >= 0.6 is 0 Å². The average Bonchev–Trinajstić information content (AvgIpc) is 2.48. The molecule has 0 spiro atoms. The van der Waals surface area contributed by atoms with Crippen LogP contribution in [0.15, 0.2) is 24.3 Å². The summed E-state index contributed by atoms with van der Waals surface area (Å²) in [5.74, 6) is 0. The van der Waals surface area contributed by atoms with Crippen molar-refractivity contribution in [3.8, 4) is 0 Å². The standard InChI is InChI=1S/C15H22N2O3/c18-17(19)15-7-2-1-5-13(15)8-11-20-12-9-14-6-3-4-10-16-14/h1-2,5,7,14,16H,3-4,6,8-12H2. The van der Waals surface area contributed by atoms with Gasteiger partial charge in [0, 0.05) is 30.7 Å². The minimum Gasteiger partial charge on any atom is -0.381 e. The zero-order valence-corrected chi connectivity index (χ0v) is 11.7. The van der Waals surface area contributed by atoms with Gasteiger partial charge in [-0.1, -0.05) is 24.6 Å². The molecule has 0 saturated carbocycles. The minimum absolute atomic E-state index is 0.185. The zero-order valence-electron chi connectivity index (χ0n) is 11.7. The first-order valence-electron chi connectivity index (χ1n) is 7.31. The molecule has 0 radical (unpaired) electrons. The molecular formula is C15H22N2O3. The second-order valence-electron chi connectivity index (χ2n) is 5.18. The predicted molar refractivity (Wildman–Crippen MR) is 77.9 cm³/mol. The van der Waals surface area contributed by atoms with E-state index in [-0.39, 0.29) is 10.6 Å². The number of rotatable bonds is 7. The Hall–Kier alpha value is -1.46. The summed E-state index contributed by atoms with van der Waals surface area (Å²) in [7, 11) is 0. The van der Waals surface area contributed by atoms with Crippen LogP contribution < -0.4 is 5.32 Å². The highest BCUT2D eigenvalue weighted by molar-refractivity contribution is 5.39. The minimum atomic E-state index is -0.332. The first-order valence-corrected chi connectivity index (χ1v) is 7.31. The van der Waals surface area contributed by atoms with Crippen molar-refractivity contribution in [1.29, 1.82) is 0 Å². The van der Waals surface area contributed by atoms with E-state index in [2.05, 4.69) is 5.32 Å². The summed E-state index contributed by atoms with van der Waals surface area (Å²) in [4.78, 5) is 10.5. The normalized spacial score (nSPS) is 18.9. The monoisotopic (exact) mass is 278 g/mol. The van der Waals surface area contributed by atoms with Crippen LogP contribution in [0.3, 0.4) is 0 Å². The third kappa shape index (κ3) is 4.58. The fraction of sp³-hybridized carbons (Fsp3) is 0.600. The van der Waals surface area contributed by atoms with E-state index in [1.165, 1.54) is 19.3 Å². The van der Waals surface area contributed by atoms with Gasteiger partial charge >= 0.3 is 0 Å². The van der Waals surface area contributed by atoms with E-state index in [0.717, 1.165) is 25.1 Å². The van der Waals surface area contributed by atoms with Crippen LogP contribution in [0.25, 0.3) is 0 Å². The van der Waals surface area contributed by atoms with Crippen LogP contribution in [0.5, 0.6) is 0 Å². The van der Waals surface area contributed by atoms with E-state index < -0.39 is 0 Å². The molecule has 0 aliphatic carbocycles. The van der Waals surface area contributed by atoms with E-state index >= 15 is 0 Å². The molecule has 0 amide bonds. The van der Waals surface area contributed by atoms with Crippen molar-refractivity contribution in [2.24, 2.45) is 0 Å². The summed E-state index contributed by atoms with van der Waals surface area (Å²) in [6.07, 6.45) is 5.42. The van der Waals surface area contributed by atoms with Crippen LogP contribution in [0.1, 0.15) is 31.2 Å². The van der Waals surface area contributed by atoms with E-state index in [1.807, 2.05) is 6.07 Å². The largest absolute Gasteiger partial charge is 0.381 e. The Morgan fingerprint density at radius 1 is 1.30 bits per heavy atom. The van der Waals surface area contributed by atoms with Crippen LogP contribution in [-0.4, -0.2) is 30.7 Å². The topological polar surface area (TPSA) is 64.4 Å². The van der Waals surface area contributed by atoms with Crippen LogP contribution in [0.4, 0.5) is 5.69 Å². The summed E-state index contributed by atoms with van der Waals surface area (Å²) in [5.41, 5.74) is 0.929. The van der Waals surface area contributed by atoms with Gasteiger partial charge in [-0.2, -0.15) is 0 Å². The van der Waals surface area contributed by atoms with Crippen LogP contribution in [0, 0.1) is 10.1 Å².